The molecule has 3 aromatic rings. The van der Waals surface area contributed by atoms with Crippen LogP contribution in [0.2, 0.25) is 0 Å². The van der Waals surface area contributed by atoms with Crippen LogP contribution >= 0.6 is 0 Å². The Hall–Kier alpha value is -3.42. The molecule has 2 aliphatic heterocycles. The second-order valence-electron chi connectivity index (χ2n) is 7.07. The summed E-state index contributed by atoms with van der Waals surface area (Å²) in [6, 6.07) is 9.55. The molecule has 2 amide bonds. The molecule has 0 N–H and O–H groups in total. The molecule has 8 heteroatoms. The van der Waals surface area contributed by atoms with Gasteiger partial charge in [0, 0.05) is 24.8 Å². The third-order valence-corrected chi connectivity index (χ3v) is 5.66. The highest BCUT2D eigenvalue weighted by Gasteiger charge is 2.56. The van der Waals surface area contributed by atoms with Crippen LogP contribution in [0.1, 0.15) is 32.1 Å². The lowest BCUT2D eigenvalue weighted by molar-refractivity contribution is -0.00599. The normalized spacial score (nSPS) is 21.0. The lowest BCUT2D eigenvalue weighted by Crippen LogP contribution is -2.60. The van der Waals surface area contributed by atoms with E-state index in [1.165, 1.54) is 18.4 Å². The van der Waals surface area contributed by atoms with E-state index in [1.807, 2.05) is 16.8 Å². The van der Waals surface area contributed by atoms with Crippen LogP contribution in [0.15, 0.2) is 53.4 Å². The van der Waals surface area contributed by atoms with Crippen molar-refractivity contribution in [2.75, 3.05) is 13.1 Å². The molecule has 4 heterocycles. The van der Waals surface area contributed by atoms with E-state index >= 15 is 0 Å². The summed E-state index contributed by atoms with van der Waals surface area (Å²) in [5, 5.41) is 3.80. The van der Waals surface area contributed by atoms with Crippen molar-refractivity contribution in [1.82, 2.24) is 19.5 Å². The van der Waals surface area contributed by atoms with E-state index in [9.17, 15) is 14.0 Å². The number of rotatable bonds is 2. The minimum absolute atomic E-state index is 0.155. The average Bonchev–Trinajstić information content (AvgIpc) is 3.40. The highest BCUT2D eigenvalue weighted by molar-refractivity contribution is 5.98. The van der Waals surface area contributed by atoms with Crippen LogP contribution in [0.25, 0.3) is 0 Å². The topological polar surface area (TPSA) is 71.6 Å². The zero-order valence-corrected chi connectivity index (χ0v) is 15.1. The predicted molar refractivity (Wildman–Crippen MR) is 95.8 cm³/mol. The minimum Gasteiger partial charge on any atom is -0.364 e. The number of nitrogens with zero attached hydrogens (tertiary/aromatic N) is 4. The summed E-state index contributed by atoms with van der Waals surface area (Å²) >= 11 is 0. The van der Waals surface area contributed by atoms with Crippen LogP contribution in [-0.2, 0) is 12.2 Å². The molecule has 1 unspecified atom stereocenters. The Bertz CT molecular complexity index is 1090. The van der Waals surface area contributed by atoms with Gasteiger partial charge in [-0.05, 0) is 31.2 Å². The van der Waals surface area contributed by atoms with Gasteiger partial charge >= 0.3 is 0 Å². The smallest absolute Gasteiger partial charge is 0.272 e. The van der Waals surface area contributed by atoms with Crippen LogP contribution in [-0.4, -0.2) is 44.4 Å². The molecular weight excluding hydrogens is 363 g/mol. The number of halogens is 1. The molecule has 142 valence electrons. The van der Waals surface area contributed by atoms with E-state index in [2.05, 4.69) is 5.16 Å². The fourth-order valence-corrected chi connectivity index (χ4v) is 4.31. The van der Waals surface area contributed by atoms with Gasteiger partial charge in [0.2, 0.25) is 0 Å². The van der Waals surface area contributed by atoms with Crippen molar-refractivity contribution in [3.8, 4) is 0 Å². The quantitative estimate of drug-likeness (QED) is 0.684. The molecule has 1 fully saturated rings. The Labute approximate surface area is 159 Å². The molecule has 0 saturated carbocycles. The van der Waals surface area contributed by atoms with Gasteiger partial charge in [-0.1, -0.05) is 17.3 Å². The summed E-state index contributed by atoms with van der Waals surface area (Å²) in [4.78, 5) is 30.0. The van der Waals surface area contributed by atoms with E-state index in [1.54, 1.807) is 34.9 Å². The third kappa shape index (κ3) is 2.11. The van der Waals surface area contributed by atoms with Crippen molar-refractivity contribution in [2.24, 2.45) is 0 Å². The standard InChI is InChI=1S/C20H17FN4O3/c1-13-16(11-28-22-13)18(26)24-9-10-25-19(27)17-3-2-8-23(17)12-20(24,25)14-4-6-15(21)7-5-14/h2-8,11H,9-10,12H2,1H3. The Kier molecular flexibility index (Phi) is 3.46. The van der Waals surface area contributed by atoms with Gasteiger partial charge in [-0.3, -0.25) is 9.59 Å². The highest BCUT2D eigenvalue weighted by Crippen LogP contribution is 2.43. The fraction of sp³-hybridized carbons (Fsp3) is 0.250. The van der Waals surface area contributed by atoms with Crippen molar-refractivity contribution in [3.05, 3.63) is 77.2 Å². The molecule has 0 bridgehead atoms. The first-order valence-corrected chi connectivity index (χ1v) is 8.98. The lowest BCUT2D eigenvalue weighted by atomic mass is 9.93. The minimum atomic E-state index is -1.04. The van der Waals surface area contributed by atoms with Gasteiger partial charge in [-0.25, -0.2) is 4.39 Å². The highest BCUT2D eigenvalue weighted by atomic mass is 19.1. The monoisotopic (exact) mass is 380 g/mol. The van der Waals surface area contributed by atoms with Crippen LogP contribution in [0.3, 0.4) is 0 Å². The summed E-state index contributed by atoms with van der Waals surface area (Å²) in [6.45, 7) is 2.81. The second-order valence-corrected chi connectivity index (χ2v) is 7.07. The maximum absolute atomic E-state index is 13.6. The molecule has 1 saturated heterocycles. The summed E-state index contributed by atoms with van der Waals surface area (Å²) in [7, 11) is 0. The van der Waals surface area contributed by atoms with Gasteiger partial charge in [0.05, 0.1) is 12.2 Å². The van der Waals surface area contributed by atoms with Crippen LogP contribution in [0.5, 0.6) is 0 Å². The van der Waals surface area contributed by atoms with Crippen LogP contribution in [0, 0.1) is 12.7 Å². The number of benzene rings is 1. The van der Waals surface area contributed by atoms with E-state index < -0.39 is 5.66 Å². The molecule has 7 nitrogen and oxygen atoms in total. The molecule has 2 aliphatic rings. The van der Waals surface area contributed by atoms with Crippen LogP contribution in [0.4, 0.5) is 4.39 Å². The number of amides is 2. The summed E-state index contributed by atoms with van der Waals surface area (Å²) in [5.41, 5.74) is 1.06. The molecule has 0 spiro atoms. The molecule has 2 aromatic heterocycles. The van der Waals surface area contributed by atoms with Crippen molar-refractivity contribution in [3.63, 3.8) is 0 Å². The first kappa shape index (κ1) is 16.7. The maximum atomic E-state index is 13.6. The number of carbonyl (C=O) groups excluding carboxylic acids is 2. The zero-order valence-electron chi connectivity index (χ0n) is 15.1. The number of hydrogen-bond acceptors (Lipinski definition) is 4. The number of hydrogen-bond donors (Lipinski definition) is 0. The molecule has 5 rings (SSSR count). The molecular formula is C20H17FN4O3. The Morgan fingerprint density at radius 3 is 2.71 bits per heavy atom. The summed E-state index contributed by atoms with van der Waals surface area (Å²) in [6.07, 6.45) is 3.14. The molecule has 1 atom stereocenters. The van der Waals surface area contributed by atoms with E-state index in [-0.39, 0.29) is 17.6 Å². The number of fused-ring (bicyclic) bond motifs is 2. The summed E-state index contributed by atoms with van der Waals surface area (Å²) in [5.74, 6) is -0.798. The van der Waals surface area contributed by atoms with Crippen molar-refractivity contribution in [2.45, 2.75) is 19.1 Å². The van der Waals surface area contributed by atoms with Gasteiger partial charge in [0.25, 0.3) is 11.8 Å². The van der Waals surface area contributed by atoms with E-state index in [4.69, 9.17) is 4.52 Å². The lowest BCUT2D eigenvalue weighted by Gasteiger charge is -2.47. The van der Waals surface area contributed by atoms with Gasteiger partial charge in [0.1, 0.15) is 23.3 Å². The zero-order chi connectivity index (χ0) is 19.5. The average molecular weight is 380 g/mol. The fourth-order valence-electron chi connectivity index (χ4n) is 4.31. The third-order valence-electron chi connectivity index (χ3n) is 5.66. The van der Waals surface area contributed by atoms with Crippen LogP contribution < -0.4 is 0 Å². The first-order valence-electron chi connectivity index (χ1n) is 8.98. The first-order chi connectivity index (χ1) is 13.5. The number of aromatic nitrogens is 2. The Morgan fingerprint density at radius 1 is 1.21 bits per heavy atom. The Morgan fingerprint density at radius 2 is 2.00 bits per heavy atom. The second kappa shape index (κ2) is 5.79. The number of carbonyl (C=O) groups is 2. The van der Waals surface area contributed by atoms with Gasteiger partial charge in [-0.2, -0.15) is 0 Å². The van der Waals surface area contributed by atoms with Crippen molar-refractivity contribution >= 4 is 11.8 Å². The molecule has 1 aromatic carbocycles. The molecule has 28 heavy (non-hydrogen) atoms. The Balaban J connectivity index is 1.70. The predicted octanol–water partition coefficient (Wildman–Crippen LogP) is 2.39. The van der Waals surface area contributed by atoms with Crippen molar-refractivity contribution in [1.29, 1.82) is 0 Å². The largest absolute Gasteiger partial charge is 0.364 e. The van der Waals surface area contributed by atoms with Crippen molar-refractivity contribution < 1.29 is 18.5 Å². The number of aryl methyl sites for hydroxylation is 1. The summed E-state index contributed by atoms with van der Waals surface area (Å²) < 4.78 is 20.4. The van der Waals surface area contributed by atoms with Gasteiger partial charge in [-0.15, -0.1) is 0 Å². The van der Waals surface area contributed by atoms with E-state index in [0.717, 1.165) is 0 Å². The maximum Gasteiger partial charge on any atom is 0.272 e. The molecule has 0 radical (unpaired) electrons. The molecule has 0 aliphatic carbocycles. The SMILES string of the molecule is Cc1nocc1C(=O)N1CCN2C(=O)c3cccn3CC12c1ccc(F)cc1. The van der Waals surface area contributed by atoms with Gasteiger partial charge in [0.15, 0.2) is 5.66 Å². The van der Waals surface area contributed by atoms with E-state index in [0.29, 0.717) is 42.1 Å². The van der Waals surface area contributed by atoms with Gasteiger partial charge < -0.3 is 18.9 Å².